The second-order valence-electron chi connectivity index (χ2n) is 7.22. The highest BCUT2D eigenvalue weighted by Gasteiger charge is 2.25. The number of aryl methyl sites for hydroxylation is 1. The summed E-state index contributed by atoms with van der Waals surface area (Å²) in [6.07, 6.45) is 1.12. The lowest BCUT2D eigenvalue weighted by Gasteiger charge is -2.11. The molecule has 0 aliphatic heterocycles. The van der Waals surface area contributed by atoms with E-state index in [0.717, 1.165) is 5.56 Å². The minimum atomic E-state index is -0.424. The number of carbonyl (C=O) groups is 2. The molecule has 0 spiro atoms. The first-order chi connectivity index (χ1) is 13.4. The van der Waals surface area contributed by atoms with Crippen molar-refractivity contribution in [2.24, 2.45) is 0 Å². The molecule has 1 aliphatic rings. The first-order valence-corrected chi connectivity index (χ1v) is 9.18. The van der Waals surface area contributed by atoms with E-state index in [1.807, 2.05) is 25.1 Å². The van der Waals surface area contributed by atoms with E-state index in [2.05, 4.69) is 5.32 Å². The van der Waals surface area contributed by atoms with Crippen molar-refractivity contribution in [2.45, 2.75) is 19.4 Å². The predicted octanol–water partition coefficient (Wildman–Crippen LogP) is 2.54. The average molecular weight is 379 g/mol. The van der Waals surface area contributed by atoms with Gasteiger partial charge in [-0.15, -0.1) is 0 Å². The summed E-state index contributed by atoms with van der Waals surface area (Å²) in [5.74, 6) is -0.757. The van der Waals surface area contributed by atoms with Crippen LogP contribution in [0.25, 0.3) is 11.1 Å². The van der Waals surface area contributed by atoms with E-state index < -0.39 is 5.76 Å². The second kappa shape index (κ2) is 7.09. The Kier molecular flexibility index (Phi) is 4.60. The Labute approximate surface area is 161 Å². The number of nitrogens with zero attached hydrogens (tertiary/aromatic N) is 2. The fraction of sp³-hybridized carbons (Fsp3) is 0.286. The number of anilines is 1. The number of carbonyl (C=O) groups excluding carboxylic acids is 2. The minimum absolute atomic E-state index is 0.00330. The summed E-state index contributed by atoms with van der Waals surface area (Å²) in [4.78, 5) is 39.1. The summed E-state index contributed by atoms with van der Waals surface area (Å²) >= 11 is 0. The average Bonchev–Trinajstić information content (AvgIpc) is 3.19. The molecular formula is C21H21N3O4. The fourth-order valence-electron chi connectivity index (χ4n) is 3.55. The van der Waals surface area contributed by atoms with Gasteiger partial charge in [0.15, 0.2) is 11.4 Å². The number of aromatic nitrogens is 1. The van der Waals surface area contributed by atoms with Crippen LogP contribution < -0.4 is 11.1 Å². The Morgan fingerprint density at radius 1 is 1.18 bits per heavy atom. The molecule has 28 heavy (non-hydrogen) atoms. The van der Waals surface area contributed by atoms with Crippen molar-refractivity contribution in [1.82, 2.24) is 9.47 Å². The van der Waals surface area contributed by atoms with Crippen molar-refractivity contribution < 1.29 is 14.0 Å². The molecule has 0 saturated carbocycles. The van der Waals surface area contributed by atoms with Crippen LogP contribution in [0.2, 0.25) is 0 Å². The van der Waals surface area contributed by atoms with Gasteiger partial charge in [-0.2, -0.15) is 0 Å². The topological polar surface area (TPSA) is 84.6 Å². The van der Waals surface area contributed by atoms with Gasteiger partial charge in [-0.1, -0.05) is 12.1 Å². The smallest absolute Gasteiger partial charge is 0.408 e. The van der Waals surface area contributed by atoms with Crippen LogP contribution in [0, 0.1) is 0 Å². The van der Waals surface area contributed by atoms with Crippen LogP contribution >= 0.6 is 0 Å². The standard InChI is InChI=1S/C21H21N3O4/c1-23(2)10-11-24-16-12-14(7-9-18(16)28-21(24)27)22-20(26)15-5-3-4-13-6-8-17(25)19(13)15/h3-5,7,9,12H,6,8,10-11H2,1-2H3,(H,22,26). The second-order valence-corrected chi connectivity index (χ2v) is 7.22. The molecule has 7 heteroatoms. The molecule has 0 bridgehead atoms. The SMILES string of the molecule is CN(C)CCn1c(=O)oc2ccc(NC(=O)c3cccc4c3C(=O)CC4)cc21. The van der Waals surface area contributed by atoms with E-state index in [0.29, 0.717) is 53.8 Å². The maximum absolute atomic E-state index is 12.8. The molecule has 1 aromatic heterocycles. The summed E-state index contributed by atoms with van der Waals surface area (Å²) in [7, 11) is 3.86. The van der Waals surface area contributed by atoms with Gasteiger partial charge in [-0.05, 0) is 50.3 Å². The summed E-state index contributed by atoms with van der Waals surface area (Å²) in [5, 5.41) is 2.84. The molecular weight excluding hydrogens is 358 g/mol. The number of benzene rings is 2. The van der Waals surface area contributed by atoms with Crippen LogP contribution in [0.3, 0.4) is 0 Å². The van der Waals surface area contributed by atoms with Gasteiger partial charge in [0.1, 0.15) is 0 Å². The van der Waals surface area contributed by atoms with Crippen LogP contribution in [0.15, 0.2) is 45.6 Å². The number of fused-ring (bicyclic) bond motifs is 2. The maximum atomic E-state index is 12.8. The van der Waals surface area contributed by atoms with E-state index in [9.17, 15) is 14.4 Å². The third kappa shape index (κ3) is 3.25. The minimum Gasteiger partial charge on any atom is -0.408 e. The Morgan fingerprint density at radius 3 is 2.79 bits per heavy atom. The largest absolute Gasteiger partial charge is 0.419 e. The van der Waals surface area contributed by atoms with Crippen molar-refractivity contribution in [3.63, 3.8) is 0 Å². The number of oxazole rings is 1. The molecule has 1 heterocycles. The van der Waals surface area contributed by atoms with Gasteiger partial charge >= 0.3 is 5.76 Å². The third-order valence-corrected chi connectivity index (χ3v) is 4.99. The predicted molar refractivity (Wildman–Crippen MR) is 106 cm³/mol. The summed E-state index contributed by atoms with van der Waals surface area (Å²) in [6.45, 7) is 1.17. The van der Waals surface area contributed by atoms with Gasteiger partial charge in [0.05, 0.1) is 11.1 Å². The van der Waals surface area contributed by atoms with Crippen LogP contribution in [0.5, 0.6) is 0 Å². The monoisotopic (exact) mass is 379 g/mol. The van der Waals surface area contributed by atoms with Crippen LogP contribution in [-0.2, 0) is 13.0 Å². The number of hydrogen-bond donors (Lipinski definition) is 1. The Morgan fingerprint density at radius 2 is 2.00 bits per heavy atom. The molecule has 0 atom stereocenters. The van der Waals surface area contributed by atoms with Crippen molar-refractivity contribution >= 4 is 28.5 Å². The fourth-order valence-corrected chi connectivity index (χ4v) is 3.55. The molecule has 7 nitrogen and oxygen atoms in total. The lowest BCUT2D eigenvalue weighted by Crippen LogP contribution is -2.23. The van der Waals surface area contributed by atoms with Gasteiger partial charge in [0, 0.05) is 30.8 Å². The van der Waals surface area contributed by atoms with Crippen LogP contribution in [0.4, 0.5) is 5.69 Å². The third-order valence-electron chi connectivity index (χ3n) is 4.99. The Balaban J connectivity index is 1.65. The Hall–Kier alpha value is -3.19. The highest BCUT2D eigenvalue weighted by atomic mass is 16.4. The molecule has 4 rings (SSSR count). The van der Waals surface area contributed by atoms with E-state index in [1.165, 1.54) is 0 Å². The molecule has 3 aromatic rings. The van der Waals surface area contributed by atoms with E-state index in [1.54, 1.807) is 34.9 Å². The highest BCUT2D eigenvalue weighted by Crippen LogP contribution is 2.26. The maximum Gasteiger partial charge on any atom is 0.419 e. The summed E-state index contributed by atoms with van der Waals surface area (Å²) in [5.41, 5.74) is 3.46. The van der Waals surface area contributed by atoms with Crippen molar-refractivity contribution in [1.29, 1.82) is 0 Å². The number of hydrogen-bond acceptors (Lipinski definition) is 5. The summed E-state index contributed by atoms with van der Waals surface area (Å²) in [6, 6.07) is 10.4. The van der Waals surface area contributed by atoms with Gasteiger partial charge in [0.2, 0.25) is 0 Å². The zero-order valence-corrected chi connectivity index (χ0v) is 15.8. The molecule has 0 radical (unpaired) electrons. The lowest BCUT2D eigenvalue weighted by molar-refractivity contribution is 0.0974. The number of nitrogens with one attached hydrogen (secondary N) is 1. The summed E-state index contributed by atoms with van der Waals surface area (Å²) < 4.78 is 6.83. The van der Waals surface area contributed by atoms with Gasteiger partial charge < -0.3 is 14.6 Å². The van der Waals surface area contributed by atoms with Crippen molar-refractivity contribution in [2.75, 3.05) is 26.0 Å². The zero-order valence-electron chi connectivity index (χ0n) is 15.8. The zero-order chi connectivity index (χ0) is 19.8. The van der Waals surface area contributed by atoms with Gasteiger partial charge in [-0.3, -0.25) is 14.2 Å². The number of likely N-dealkylation sites (N-methyl/N-ethyl adjacent to an activating group) is 1. The first-order valence-electron chi connectivity index (χ1n) is 9.18. The van der Waals surface area contributed by atoms with E-state index in [4.69, 9.17) is 4.42 Å². The van der Waals surface area contributed by atoms with Gasteiger partial charge in [-0.25, -0.2) is 4.79 Å². The molecule has 144 valence electrons. The van der Waals surface area contributed by atoms with Crippen molar-refractivity contribution in [3.8, 4) is 0 Å². The number of amides is 1. The van der Waals surface area contributed by atoms with E-state index in [-0.39, 0.29) is 11.7 Å². The van der Waals surface area contributed by atoms with Crippen LogP contribution in [-0.4, -0.2) is 41.8 Å². The Bertz CT molecular complexity index is 1140. The molecule has 1 aliphatic carbocycles. The molecule has 1 N–H and O–H groups in total. The van der Waals surface area contributed by atoms with Crippen LogP contribution in [0.1, 0.15) is 32.7 Å². The van der Waals surface area contributed by atoms with Gasteiger partial charge in [0.25, 0.3) is 5.91 Å². The molecule has 0 unspecified atom stereocenters. The molecule has 0 saturated heterocycles. The highest BCUT2D eigenvalue weighted by molar-refractivity contribution is 6.14. The molecule has 0 fully saturated rings. The number of rotatable bonds is 5. The normalized spacial score (nSPS) is 13.3. The molecule has 1 amide bonds. The van der Waals surface area contributed by atoms with E-state index >= 15 is 0 Å². The quantitative estimate of drug-likeness (QED) is 0.736. The number of ketones is 1. The molecule has 2 aromatic carbocycles. The van der Waals surface area contributed by atoms with Crippen molar-refractivity contribution in [3.05, 3.63) is 63.6 Å². The number of Topliss-reactive ketones (excluding diaryl/α,β-unsaturated/α-hetero) is 1. The lowest BCUT2D eigenvalue weighted by atomic mass is 10.0. The first kappa shape index (κ1) is 18.2.